The van der Waals surface area contributed by atoms with Gasteiger partial charge in [0.05, 0.1) is 12.6 Å². The van der Waals surface area contributed by atoms with Crippen molar-refractivity contribution in [3.63, 3.8) is 0 Å². The Morgan fingerprint density at radius 2 is 2.25 bits per heavy atom. The average Bonchev–Trinajstić information content (AvgIpc) is 2.20. The van der Waals surface area contributed by atoms with Crippen molar-refractivity contribution in [1.82, 2.24) is 14.9 Å². The summed E-state index contributed by atoms with van der Waals surface area (Å²) in [7, 11) is 0. The van der Waals surface area contributed by atoms with Gasteiger partial charge in [-0.3, -0.25) is 4.57 Å². The van der Waals surface area contributed by atoms with Gasteiger partial charge in [0.2, 0.25) is 0 Å². The molecular weight excluding hydrogens is 206 g/mol. The number of aliphatic hydroxyl groups is 1. The van der Waals surface area contributed by atoms with Crippen molar-refractivity contribution in [2.45, 2.75) is 39.5 Å². The van der Waals surface area contributed by atoms with Crippen LogP contribution >= 0.6 is 0 Å². The standard InChI is InChI=1S/C11H19N3O2/c1-8(2)12-5-10(15)7-14-6-9(3)4-13-11(14)16/h4,6,8,10,12,15H,5,7H2,1-3H3. The third kappa shape index (κ3) is 4.12. The quantitative estimate of drug-likeness (QED) is 0.735. The molecule has 0 aliphatic carbocycles. The van der Waals surface area contributed by atoms with Crippen LogP contribution in [0.5, 0.6) is 0 Å². The minimum absolute atomic E-state index is 0.271. The molecule has 0 fully saturated rings. The molecule has 0 saturated heterocycles. The van der Waals surface area contributed by atoms with Gasteiger partial charge >= 0.3 is 5.69 Å². The van der Waals surface area contributed by atoms with Crippen LogP contribution in [0.15, 0.2) is 17.2 Å². The Bertz CT molecular complexity index is 387. The Hall–Kier alpha value is -1.20. The Morgan fingerprint density at radius 1 is 1.56 bits per heavy atom. The van der Waals surface area contributed by atoms with Gasteiger partial charge in [-0.2, -0.15) is 0 Å². The van der Waals surface area contributed by atoms with Crippen LogP contribution in [0.4, 0.5) is 0 Å². The summed E-state index contributed by atoms with van der Waals surface area (Å²) < 4.78 is 1.43. The molecule has 0 bridgehead atoms. The third-order valence-corrected chi connectivity index (χ3v) is 2.15. The van der Waals surface area contributed by atoms with Crippen LogP contribution in [-0.2, 0) is 6.54 Å². The lowest BCUT2D eigenvalue weighted by atomic mass is 10.3. The molecule has 0 aliphatic rings. The number of nitrogens with one attached hydrogen (secondary N) is 1. The van der Waals surface area contributed by atoms with E-state index in [-0.39, 0.29) is 12.2 Å². The maximum Gasteiger partial charge on any atom is 0.347 e. The van der Waals surface area contributed by atoms with E-state index in [0.29, 0.717) is 12.6 Å². The van der Waals surface area contributed by atoms with Crippen molar-refractivity contribution >= 4 is 0 Å². The molecule has 0 saturated carbocycles. The summed E-state index contributed by atoms with van der Waals surface area (Å²) in [5.41, 5.74) is 0.581. The summed E-state index contributed by atoms with van der Waals surface area (Å²) in [6.45, 7) is 6.62. The lowest BCUT2D eigenvalue weighted by molar-refractivity contribution is 0.147. The molecule has 0 amide bonds. The van der Waals surface area contributed by atoms with Crippen LogP contribution in [0.25, 0.3) is 0 Å². The zero-order valence-electron chi connectivity index (χ0n) is 9.97. The highest BCUT2D eigenvalue weighted by atomic mass is 16.3. The second-order valence-electron chi connectivity index (χ2n) is 4.28. The Kier molecular flexibility index (Phi) is 4.64. The van der Waals surface area contributed by atoms with Crippen LogP contribution in [0.3, 0.4) is 0 Å². The summed E-state index contributed by atoms with van der Waals surface area (Å²) in [6.07, 6.45) is 2.65. The van der Waals surface area contributed by atoms with Gasteiger partial charge in [-0.1, -0.05) is 13.8 Å². The monoisotopic (exact) mass is 225 g/mol. The molecular formula is C11H19N3O2. The molecule has 90 valence electrons. The van der Waals surface area contributed by atoms with Gasteiger partial charge in [-0.05, 0) is 12.5 Å². The maximum atomic E-state index is 11.4. The SMILES string of the molecule is Cc1cnc(=O)n(CC(O)CNC(C)C)c1. The predicted molar refractivity (Wildman–Crippen MR) is 62.4 cm³/mol. The highest BCUT2D eigenvalue weighted by Gasteiger charge is 2.07. The van der Waals surface area contributed by atoms with Crippen LogP contribution < -0.4 is 11.0 Å². The van der Waals surface area contributed by atoms with Gasteiger partial charge in [-0.25, -0.2) is 9.78 Å². The minimum Gasteiger partial charge on any atom is -0.390 e. The number of aliphatic hydroxyl groups excluding tert-OH is 1. The van der Waals surface area contributed by atoms with Gasteiger partial charge in [0.15, 0.2) is 0 Å². The topological polar surface area (TPSA) is 67.2 Å². The van der Waals surface area contributed by atoms with Gasteiger partial charge < -0.3 is 10.4 Å². The number of hydrogen-bond donors (Lipinski definition) is 2. The Balaban J connectivity index is 2.58. The summed E-state index contributed by atoms with van der Waals surface area (Å²) in [4.78, 5) is 15.1. The van der Waals surface area contributed by atoms with E-state index in [4.69, 9.17) is 0 Å². The third-order valence-electron chi connectivity index (χ3n) is 2.15. The predicted octanol–water partition coefficient (Wildman–Crippen LogP) is -0.0894. The van der Waals surface area contributed by atoms with E-state index in [1.807, 2.05) is 20.8 Å². The lowest BCUT2D eigenvalue weighted by Gasteiger charge is -2.15. The van der Waals surface area contributed by atoms with E-state index in [0.717, 1.165) is 5.56 Å². The molecule has 0 aromatic carbocycles. The molecule has 0 radical (unpaired) electrons. The number of aromatic nitrogens is 2. The lowest BCUT2D eigenvalue weighted by Crippen LogP contribution is -2.37. The van der Waals surface area contributed by atoms with Crippen LogP contribution in [-0.4, -0.2) is 33.3 Å². The molecule has 1 aromatic heterocycles. The van der Waals surface area contributed by atoms with Gasteiger partial charge in [-0.15, -0.1) is 0 Å². The zero-order chi connectivity index (χ0) is 12.1. The fraction of sp³-hybridized carbons (Fsp3) is 0.636. The van der Waals surface area contributed by atoms with Crippen molar-refractivity contribution in [3.05, 3.63) is 28.4 Å². The van der Waals surface area contributed by atoms with Gasteiger partial charge in [0.1, 0.15) is 0 Å². The fourth-order valence-electron chi connectivity index (χ4n) is 1.36. The largest absolute Gasteiger partial charge is 0.390 e. The first-order valence-corrected chi connectivity index (χ1v) is 5.43. The molecule has 16 heavy (non-hydrogen) atoms. The highest BCUT2D eigenvalue weighted by molar-refractivity contribution is 4.99. The second-order valence-corrected chi connectivity index (χ2v) is 4.28. The zero-order valence-corrected chi connectivity index (χ0v) is 9.97. The van der Waals surface area contributed by atoms with Crippen molar-refractivity contribution in [2.24, 2.45) is 0 Å². The van der Waals surface area contributed by atoms with Crippen molar-refractivity contribution in [3.8, 4) is 0 Å². The maximum absolute atomic E-state index is 11.4. The van der Waals surface area contributed by atoms with E-state index in [1.54, 1.807) is 6.20 Å². The molecule has 0 spiro atoms. The van der Waals surface area contributed by atoms with Crippen molar-refractivity contribution in [1.29, 1.82) is 0 Å². The van der Waals surface area contributed by atoms with E-state index in [1.165, 1.54) is 10.8 Å². The molecule has 0 aliphatic heterocycles. The summed E-state index contributed by atoms with van der Waals surface area (Å²) in [6, 6.07) is 0.321. The molecule has 1 heterocycles. The van der Waals surface area contributed by atoms with E-state index in [2.05, 4.69) is 10.3 Å². The molecule has 1 aromatic rings. The normalized spacial score (nSPS) is 13.1. The summed E-state index contributed by atoms with van der Waals surface area (Å²) in [5.74, 6) is 0. The fourth-order valence-corrected chi connectivity index (χ4v) is 1.36. The molecule has 2 N–H and O–H groups in total. The van der Waals surface area contributed by atoms with Crippen LogP contribution in [0.1, 0.15) is 19.4 Å². The molecule has 1 atom stereocenters. The second kappa shape index (κ2) is 5.77. The molecule has 1 rings (SSSR count). The van der Waals surface area contributed by atoms with Gasteiger partial charge in [0, 0.05) is 25.0 Å². The number of rotatable bonds is 5. The molecule has 5 heteroatoms. The highest BCUT2D eigenvalue weighted by Crippen LogP contribution is 1.93. The smallest absolute Gasteiger partial charge is 0.347 e. The number of hydrogen-bond acceptors (Lipinski definition) is 4. The first kappa shape index (κ1) is 12.9. The van der Waals surface area contributed by atoms with E-state index < -0.39 is 6.10 Å². The molecule has 5 nitrogen and oxygen atoms in total. The molecule has 1 unspecified atom stereocenters. The average molecular weight is 225 g/mol. The van der Waals surface area contributed by atoms with E-state index >= 15 is 0 Å². The van der Waals surface area contributed by atoms with Crippen molar-refractivity contribution < 1.29 is 5.11 Å². The minimum atomic E-state index is -0.580. The van der Waals surface area contributed by atoms with Gasteiger partial charge in [0.25, 0.3) is 0 Å². The van der Waals surface area contributed by atoms with Crippen LogP contribution in [0, 0.1) is 6.92 Å². The van der Waals surface area contributed by atoms with E-state index in [9.17, 15) is 9.90 Å². The number of nitrogens with zero attached hydrogens (tertiary/aromatic N) is 2. The number of aryl methyl sites for hydroxylation is 1. The Morgan fingerprint density at radius 3 is 2.88 bits per heavy atom. The first-order chi connectivity index (χ1) is 7.49. The summed E-state index contributed by atoms with van der Waals surface area (Å²) in [5, 5.41) is 12.8. The van der Waals surface area contributed by atoms with Crippen molar-refractivity contribution in [2.75, 3.05) is 6.54 Å². The van der Waals surface area contributed by atoms with Crippen LogP contribution in [0.2, 0.25) is 0 Å². The summed E-state index contributed by atoms with van der Waals surface area (Å²) >= 11 is 0. The Labute approximate surface area is 95.1 Å². The first-order valence-electron chi connectivity index (χ1n) is 5.43.